The second-order valence-corrected chi connectivity index (χ2v) is 10.5. The van der Waals surface area contributed by atoms with Gasteiger partial charge in [-0.25, -0.2) is 14.6 Å². The van der Waals surface area contributed by atoms with Crippen molar-refractivity contribution < 1.29 is 9.13 Å². The van der Waals surface area contributed by atoms with Crippen LogP contribution in [-0.4, -0.2) is 63.7 Å². The summed E-state index contributed by atoms with van der Waals surface area (Å²) in [6.45, 7) is 9.65. The van der Waals surface area contributed by atoms with Crippen LogP contribution in [0.15, 0.2) is 53.9 Å². The predicted molar refractivity (Wildman–Crippen MR) is 142 cm³/mol. The van der Waals surface area contributed by atoms with E-state index in [-0.39, 0.29) is 0 Å². The van der Waals surface area contributed by atoms with E-state index in [1.165, 1.54) is 36.4 Å². The van der Waals surface area contributed by atoms with Crippen LogP contribution in [0.2, 0.25) is 0 Å². The minimum atomic E-state index is -1.72. The number of hydrogen-bond donors (Lipinski definition) is 0. The van der Waals surface area contributed by atoms with Gasteiger partial charge in [0.1, 0.15) is 11.6 Å². The van der Waals surface area contributed by atoms with Gasteiger partial charge in [-0.1, -0.05) is 12.1 Å². The first-order chi connectivity index (χ1) is 17.2. The van der Waals surface area contributed by atoms with Crippen molar-refractivity contribution in [3.8, 4) is 27.8 Å². The molecule has 1 fully saturated rings. The largest absolute Gasteiger partial charge is 0.459 e. The Hall–Kier alpha value is -3.30. The van der Waals surface area contributed by atoms with Crippen molar-refractivity contribution in [2.24, 2.45) is 0 Å². The van der Waals surface area contributed by atoms with Gasteiger partial charge in [0, 0.05) is 56.7 Å². The SMILES string of the molecule is Cc1nc(-c2nc(-c3ccc(OC(C)(C)F)cc3)cs2)nn1Cc1cccc(N2CCN(C)CC2)c1. The summed E-state index contributed by atoms with van der Waals surface area (Å²) < 4.78 is 20.9. The number of anilines is 1. The number of alkyl halides is 1. The number of hydrogen-bond acceptors (Lipinski definition) is 7. The molecule has 1 aliphatic rings. The van der Waals surface area contributed by atoms with Gasteiger partial charge in [0.2, 0.25) is 11.7 Å². The molecule has 0 atom stereocenters. The van der Waals surface area contributed by atoms with E-state index in [0.29, 0.717) is 18.1 Å². The summed E-state index contributed by atoms with van der Waals surface area (Å²) in [5.74, 6) is 0.235. The molecule has 0 unspecified atom stereocenters. The first kappa shape index (κ1) is 24.4. The smallest absolute Gasteiger partial charge is 0.242 e. The van der Waals surface area contributed by atoms with E-state index >= 15 is 0 Å². The number of aryl methyl sites for hydroxylation is 1. The summed E-state index contributed by atoms with van der Waals surface area (Å²) in [4.78, 5) is 14.2. The maximum Gasteiger partial charge on any atom is 0.242 e. The number of benzene rings is 2. The third kappa shape index (κ3) is 5.74. The van der Waals surface area contributed by atoms with Gasteiger partial charge in [-0.2, -0.15) is 4.39 Å². The van der Waals surface area contributed by atoms with Gasteiger partial charge in [-0.15, -0.1) is 16.4 Å². The zero-order chi connectivity index (χ0) is 25.3. The summed E-state index contributed by atoms with van der Waals surface area (Å²) in [5.41, 5.74) is 4.22. The molecule has 0 aliphatic carbocycles. The molecule has 0 amide bonds. The number of ether oxygens (including phenoxy) is 1. The van der Waals surface area contributed by atoms with Crippen molar-refractivity contribution in [3.05, 3.63) is 65.3 Å². The fourth-order valence-corrected chi connectivity index (χ4v) is 4.99. The third-order valence-electron chi connectivity index (χ3n) is 6.17. The van der Waals surface area contributed by atoms with Crippen LogP contribution in [0, 0.1) is 6.92 Å². The van der Waals surface area contributed by atoms with Crippen LogP contribution in [0.5, 0.6) is 5.75 Å². The zero-order valence-electron chi connectivity index (χ0n) is 21.1. The highest BCUT2D eigenvalue weighted by Gasteiger charge is 2.18. The summed E-state index contributed by atoms with van der Waals surface area (Å²) in [6.07, 6.45) is 0. The van der Waals surface area contributed by atoms with Crippen LogP contribution in [0.25, 0.3) is 22.1 Å². The second-order valence-electron chi connectivity index (χ2n) is 9.63. The van der Waals surface area contributed by atoms with Crippen LogP contribution < -0.4 is 9.64 Å². The Kier molecular flexibility index (Phi) is 6.77. The Morgan fingerprint density at radius 3 is 2.50 bits per heavy atom. The fourth-order valence-electron chi connectivity index (χ4n) is 4.23. The van der Waals surface area contributed by atoms with Gasteiger partial charge < -0.3 is 14.5 Å². The lowest BCUT2D eigenvalue weighted by molar-refractivity contribution is -0.0256. The van der Waals surface area contributed by atoms with E-state index in [1.54, 1.807) is 12.1 Å². The van der Waals surface area contributed by atoms with Crippen molar-refractivity contribution in [1.82, 2.24) is 24.6 Å². The molecular weight excluding hydrogens is 475 g/mol. The highest BCUT2D eigenvalue weighted by Crippen LogP contribution is 2.29. The Balaban J connectivity index is 1.29. The lowest BCUT2D eigenvalue weighted by atomic mass is 10.1. The van der Waals surface area contributed by atoms with Crippen LogP contribution in [0.1, 0.15) is 25.2 Å². The predicted octanol–water partition coefficient (Wildman–Crippen LogP) is 5.26. The average molecular weight is 507 g/mol. The molecule has 0 spiro atoms. The summed E-state index contributed by atoms with van der Waals surface area (Å²) in [6, 6.07) is 16.0. The standard InChI is InChI=1S/C27H31FN6OS/c1-19-29-25(26-30-24(18-36-26)21-8-10-23(11-9-21)35-27(2,3)28)31-34(19)17-20-6-5-7-22(16-20)33-14-12-32(4)13-15-33/h5-11,16,18H,12-15,17H2,1-4H3. The van der Waals surface area contributed by atoms with Crippen LogP contribution in [0.3, 0.4) is 0 Å². The van der Waals surface area contributed by atoms with E-state index in [9.17, 15) is 4.39 Å². The topological polar surface area (TPSA) is 59.3 Å². The number of rotatable bonds is 7. The quantitative estimate of drug-likeness (QED) is 0.341. The first-order valence-electron chi connectivity index (χ1n) is 12.1. The fraction of sp³-hybridized carbons (Fsp3) is 0.370. The lowest BCUT2D eigenvalue weighted by Crippen LogP contribution is -2.44. The van der Waals surface area contributed by atoms with Crippen molar-refractivity contribution in [3.63, 3.8) is 0 Å². The Morgan fingerprint density at radius 1 is 1.03 bits per heavy atom. The van der Waals surface area contributed by atoms with Crippen molar-refractivity contribution in [2.75, 3.05) is 38.1 Å². The van der Waals surface area contributed by atoms with Gasteiger partial charge in [-0.3, -0.25) is 0 Å². The van der Waals surface area contributed by atoms with Gasteiger partial charge >= 0.3 is 0 Å². The number of halogens is 1. The Labute approximate surface area is 215 Å². The van der Waals surface area contributed by atoms with Gasteiger partial charge in [-0.05, 0) is 55.9 Å². The van der Waals surface area contributed by atoms with Crippen LogP contribution in [0.4, 0.5) is 10.1 Å². The van der Waals surface area contributed by atoms with Gasteiger partial charge in [0.05, 0.1) is 12.2 Å². The number of likely N-dealkylation sites (N-methyl/N-ethyl adjacent to an activating group) is 1. The van der Waals surface area contributed by atoms with Crippen molar-refractivity contribution in [1.29, 1.82) is 0 Å². The number of aromatic nitrogens is 4. The summed E-state index contributed by atoms with van der Waals surface area (Å²) >= 11 is 1.51. The van der Waals surface area contributed by atoms with E-state index in [4.69, 9.17) is 14.8 Å². The van der Waals surface area contributed by atoms with E-state index in [0.717, 1.165) is 48.3 Å². The Bertz CT molecular complexity index is 1320. The van der Waals surface area contributed by atoms with Gasteiger partial charge in [0.25, 0.3) is 0 Å². The zero-order valence-corrected chi connectivity index (χ0v) is 21.9. The molecule has 7 nitrogen and oxygen atoms in total. The maximum absolute atomic E-state index is 13.7. The molecular formula is C27H31FN6OS. The molecule has 5 rings (SSSR count). The monoisotopic (exact) mass is 506 g/mol. The molecule has 4 aromatic rings. The third-order valence-corrected chi connectivity index (χ3v) is 7.01. The molecule has 3 heterocycles. The minimum Gasteiger partial charge on any atom is -0.459 e. The Morgan fingerprint density at radius 2 is 1.78 bits per heavy atom. The number of piperazine rings is 1. The highest BCUT2D eigenvalue weighted by molar-refractivity contribution is 7.13. The summed E-state index contributed by atoms with van der Waals surface area (Å²) in [7, 11) is 2.17. The molecule has 0 N–H and O–H groups in total. The molecule has 188 valence electrons. The normalized spacial score (nSPS) is 14.9. The maximum atomic E-state index is 13.7. The lowest BCUT2D eigenvalue weighted by Gasteiger charge is -2.34. The number of nitrogens with zero attached hydrogens (tertiary/aromatic N) is 6. The van der Waals surface area contributed by atoms with E-state index in [1.807, 2.05) is 29.1 Å². The molecule has 2 aromatic carbocycles. The van der Waals surface area contributed by atoms with Crippen LogP contribution in [-0.2, 0) is 6.54 Å². The molecule has 0 saturated carbocycles. The highest BCUT2D eigenvalue weighted by atomic mass is 32.1. The van der Waals surface area contributed by atoms with Crippen molar-refractivity contribution >= 4 is 17.0 Å². The minimum absolute atomic E-state index is 0.481. The molecule has 1 saturated heterocycles. The van der Waals surface area contributed by atoms with E-state index in [2.05, 4.69) is 46.1 Å². The molecule has 0 radical (unpaired) electrons. The average Bonchev–Trinajstić information content (AvgIpc) is 3.47. The molecule has 9 heteroatoms. The molecule has 1 aliphatic heterocycles. The molecule has 2 aromatic heterocycles. The van der Waals surface area contributed by atoms with Crippen molar-refractivity contribution in [2.45, 2.75) is 33.2 Å². The summed E-state index contributed by atoms with van der Waals surface area (Å²) in [5, 5.41) is 7.51. The molecule has 36 heavy (non-hydrogen) atoms. The number of thiazole rings is 1. The van der Waals surface area contributed by atoms with E-state index < -0.39 is 5.85 Å². The molecule has 0 bridgehead atoms. The van der Waals surface area contributed by atoms with Gasteiger partial charge in [0.15, 0.2) is 5.01 Å². The van der Waals surface area contributed by atoms with Crippen LogP contribution >= 0.6 is 11.3 Å². The second kappa shape index (κ2) is 9.99. The first-order valence-corrected chi connectivity index (χ1v) is 13.0.